The molecule has 5 aromatic rings. The second kappa shape index (κ2) is 10.6. The highest BCUT2D eigenvalue weighted by Gasteiger charge is 2.18. The van der Waals surface area contributed by atoms with Crippen molar-refractivity contribution in [2.75, 3.05) is 11.9 Å². The maximum atomic E-state index is 12.7. The Labute approximate surface area is 227 Å². The molecule has 194 valence electrons. The second-order valence-corrected chi connectivity index (χ2v) is 9.97. The number of rotatable bonds is 2. The number of imidazole rings is 1. The molecule has 2 N–H and O–H groups in total. The fourth-order valence-corrected chi connectivity index (χ4v) is 5.07. The number of aliphatic imine (C=N–C) groups is 1. The molecule has 0 saturated heterocycles. The van der Waals surface area contributed by atoms with Gasteiger partial charge in [0, 0.05) is 42.0 Å². The average Bonchev–Trinajstić information content (AvgIpc) is 3.38. The van der Waals surface area contributed by atoms with Gasteiger partial charge in [0.2, 0.25) is 5.91 Å². The van der Waals surface area contributed by atoms with Crippen molar-refractivity contribution in [2.45, 2.75) is 39.5 Å². The molecule has 0 unspecified atom stereocenters. The van der Waals surface area contributed by atoms with Gasteiger partial charge in [0.15, 0.2) is 11.5 Å². The zero-order valence-electron chi connectivity index (χ0n) is 22.2. The van der Waals surface area contributed by atoms with Crippen LogP contribution >= 0.6 is 0 Å². The first-order chi connectivity index (χ1) is 19.1. The van der Waals surface area contributed by atoms with Gasteiger partial charge in [-0.1, -0.05) is 43.3 Å². The first-order valence-corrected chi connectivity index (χ1v) is 13.4. The normalized spacial score (nSPS) is 14.6. The number of benzene rings is 2. The van der Waals surface area contributed by atoms with E-state index in [1.807, 2.05) is 18.3 Å². The molecule has 0 radical (unpaired) electrons. The smallest absolute Gasteiger partial charge is 0.224 e. The molecule has 0 fully saturated rings. The number of aryl methyl sites for hydroxylation is 2. The van der Waals surface area contributed by atoms with E-state index in [2.05, 4.69) is 76.6 Å². The summed E-state index contributed by atoms with van der Waals surface area (Å²) in [7, 11) is 0. The van der Waals surface area contributed by atoms with Crippen molar-refractivity contribution >= 4 is 28.5 Å². The van der Waals surface area contributed by atoms with Crippen LogP contribution in [-0.2, 0) is 11.2 Å². The lowest BCUT2D eigenvalue weighted by atomic mass is 9.97. The van der Waals surface area contributed by atoms with Gasteiger partial charge in [-0.15, -0.1) is 0 Å². The maximum absolute atomic E-state index is 12.7. The van der Waals surface area contributed by atoms with E-state index < -0.39 is 0 Å². The van der Waals surface area contributed by atoms with Crippen molar-refractivity contribution in [1.82, 2.24) is 19.9 Å². The molecule has 0 atom stereocenters. The van der Waals surface area contributed by atoms with Crippen molar-refractivity contribution in [2.24, 2.45) is 4.99 Å². The van der Waals surface area contributed by atoms with E-state index in [1.54, 1.807) is 12.4 Å². The lowest BCUT2D eigenvalue weighted by Crippen LogP contribution is -2.12. The number of amides is 1. The molecule has 1 aliphatic heterocycles. The van der Waals surface area contributed by atoms with E-state index in [4.69, 9.17) is 9.98 Å². The summed E-state index contributed by atoms with van der Waals surface area (Å²) in [5.41, 5.74) is 10.4. The monoisotopic (exact) mass is 514 g/mol. The van der Waals surface area contributed by atoms with Gasteiger partial charge in [0.05, 0.1) is 17.4 Å². The highest BCUT2D eigenvalue weighted by Crippen LogP contribution is 2.30. The van der Waals surface area contributed by atoms with Crippen molar-refractivity contribution < 1.29 is 4.79 Å². The molecular weight excluding hydrogens is 484 g/mol. The summed E-state index contributed by atoms with van der Waals surface area (Å²) in [4.78, 5) is 35.2. The summed E-state index contributed by atoms with van der Waals surface area (Å²) in [5.74, 6) is 0.689. The topological polar surface area (TPSA) is 95.9 Å². The van der Waals surface area contributed by atoms with Crippen LogP contribution in [0.2, 0.25) is 0 Å². The van der Waals surface area contributed by atoms with E-state index >= 15 is 0 Å². The van der Waals surface area contributed by atoms with E-state index in [0.717, 1.165) is 63.9 Å². The Kier molecular flexibility index (Phi) is 6.71. The molecule has 39 heavy (non-hydrogen) atoms. The minimum atomic E-state index is -0.0119. The highest BCUT2D eigenvalue weighted by molar-refractivity contribution is 6.13. The molecule has 8 bridgehead atoms. The number of hydrogen-bond donors (Lipinski definition) is 2. The van der Waals surface area contributed by atoms with Crippen LogP contribution in [0.25, 0.3) is 33.4 Å². The number of carbonyl (C=O) groups excluding carboxylic acids is 1. The maximum Gasteiger partial charge on any atom is 0.224 e. The summed E-state index contributed by atoms with van der Waals surface area (Å²) in [6, 6.07) is 18.8. The van der Waals surface area contributed by atoms with E-state index in [-0.39, 0.29) is 5.91 Å². The number of fused-ring (bicyclic) bond motifs is 9. The number of nitrogens with zero attached hydrogens (tertiary/aromatic N) is 4. The van der Waals surface area contributed by atoms with Crippen LogP contribution in [0.4, 0.5) is 5.69 Å². The molecule has 7 nitrogen and oxygen atoms in total. The van der Waals surface area contributed by atoms with Gasteiger partial charge >= 0.3 is 0 Å². The Balaban J connectivity index is 1.57. The molecule has 1 amide bonds. The first kappa shape index (κ1) is 24.7. The summed E-state index contributed by atoms with van der Waals surface area (Å²) in [6.45, 7) is 4.89. The van der Waals surface area contributed by atoms with Crippen molar-refractivity contribution in [3.8, 4) is 22.3 Å². The van der Waals surface area contributed by atoms with Crippen LogP contribution in [0, 0.1) is 6.92 Å². The van der Waals surface area contributed by atoms with E-state index in [9.17, 15) is 4.79 Å². The van der Waals surface area contributed by atoms with Crippen LogP contribution in [0.15, 0.2) is 78.2 Å². The number of H-pyrrole nitrogens is 1. The predicted molar refractivity (Wildman–Crippen MR) is 156 cm³/mol. The first-order valence-electron chi connectivity index (χ1n) is 13.4. The molecule has 7 heteroatoms. The number of pyridine rings is 2. The van der Waals surface area contributed by atoms with Gasteiger partial charge in [0.1, 0.15) is 5.71 Å². The minimum Gasteiger partial charge on any atom is -0.335 e. The Bertz CT molecular complexity index is 1720. The lowest BCUT2D eigenvalue weighted by molar-refractivity contribution is -0.116. The highest BCUT2D eigenvalue weighted by atomic mass is 16.1. The fourth-order valence-electron chi connectivity index (χ4n) is 5.07. The van der Waals surface area contributed by atoms with Crippen LogP contribution in [-0.4, -0.2) is 38.1 Å². The molecule has 3 aromatic heterocycles. The third kappa shape index (κ3) is 5.08. The number of anilines is 1. The Morgan fingerprint density at radius 2 is 1.87 bits per heavy atom. The molecule has 0 spiro atoms. The van der Waals surface area contributed by atoms with Gasteiger partial charge < -0.3 is 10.3 Å². The Hall–Kier alpha value is -4.65. The number of nitrogens with one attached hydrogen (secondary N) is 2. The van der Waals surface area contributed by atoms with Gasteiger partial charge in [-0.05, 0) is 66.6 Å². The van der Waals surface area contributed by atoms with Crippen molar-refractivity contribution in [1.29, 1.82) is 0 Å². The molecular formula is C32H30N6O. The van der Waals surface area contributed by atoms with Crippen molar-refractivity contribution in [3.63, 3.8) is 0 Å². The SMILES string of the molecule is CCCN=C1c2nc3nccc(c3[nH]2)-c2cccc(c2)CCCC(=O)Nc2cncc(c2)-c2ccc(C)c1c2. The largest absolute Gasteiger partial charge is 0.335 e. The summed E-state index contributed by atoms with van der Waals surface area (Å²) >= 11 is 0. The van der Waals surface area contributed by atoms with Crippen molar-refractivity contribution in [3.05, 3.63) is 95.7 Å². The third-order valence-corrected chi connectivity index (χ3v) is 7.07. The molecule has 4 heterocycles. The molecule has 2 aromatic carbocycles. The standard InChI is InChI=1S/C32H30N6O/c1-3-13-34-29-27-17-22(11-10-20(27)2)24-16-25(19-33-18-24)36-28(39)9-5-7-21-6-4-8-23(15-21)26-12-14-35-31-30(26)37-32(29)38-31/h4,6,8,10-12,14-19H,3,5,7,9,13H2,1-2H3,(H,36,39)(H,35,37,38). The molecule has 0 saturated carbocycles. The summed E-state index contributed by atoms with van der Waals surface area (Å²) < 4.78 is 0. The van der Waals surface area contributed by atoms with Crippen LogP contribution < -0.4 is 5.32 Å². The molecule has 0 aliphatic carbocycles. The van der Waals surface area contributed by atoms with Gasteiger partial charge in [-0.25, -0.2) is 9.97 Å². The van der Waals surface area contributed by atoms with Gasteiger partial charge in [-0.2, -0.15) is 0 Å². The lowest BCUT2D eigenvalue weighted by Gasteiger charge is -2.12. The van der Waals surface area contributed by atoms with Gasteiger partial charge in [-0.3, -0.25) is 14.8 Å². The second-order valence-electron chi connectivity index (χ2n) is 9.97. The Morgan fingerprint density at radius 1 is 0.949 bits per heavy atom. The Morgan fingerprint density at radius 3 is 2.77 bits per heavy atom. The van der Waals surface area contributed by atoms with E-state index in [1.165, 1.54) is 5.56 Å². The van der Waals surface area contributed by atoms with Crippen LogP contribution in [0.1, 0.15) is 48.7 Å². The minimum absolute atomic E-state index is 0.0119. The molecule has 6 rings (SSSR count). The molecule has 1 aliphatic rings. The third-order valence-electron chi connectivity index (χ3n) is 7.07. The number of aromatic amines is 1. The number of aromatic nitrogens is 4. The fraction of sp³-hybridized carbons (Fsp3) is 0.219. The van der Waals surface area contributed by atoms with Gasteiger partial charge in [0.25, 0.3) is 0 Å². The zero-order chi connectivity index (χ0) is 26.8. The number of hydrogen-bond acceptors (Lipinski definition) is 5. The quantitative estimate of drug-likeness (QED) is 0.280. The zero-order valence-corrected chi connectivity index (χ0v) is 22.2. The van der Waals surface area contributed by atoms with Crippen LogP contribution in [0.3, 0.4) is 0 Å². The summed E-state index contributed by atoms with van der Waals surface area (Å²) in [6.07, 6.45) is 8.23. The predicted octanol–water partition coefficient (Wildman–Crippen LogP) is 6.52. The van der Waals surface area contributed by atoms with Crippen LogP contribution in [0.5, 0.6) is 0 Å². The summed E-state index contributed by atoms with van der Waals surface area (Å²) in [5, 5.41) is 3.03. The number of carbonyl (C=O) groups is 1. The van der Waals surface area contributed by atoms with E-state index in [0.29, 0.717) is 30.1 Å². The average molecular weight is 515 g/mol.